The Morgan fingerprint density at radius 2 is 1.96 bits per heavy atom. The van der Waals surface area contributed by atoms with Gasteiger partial charge in [-0.15, -0.1) is 0 Å². The van der Waals surface area contributed by atoms with Crippen LogP contribution in [0.4, 0.5) is 0 Å². The van der Waals surface area contributed by atoms with Gasteiger partial charge in [0.1, 0.15) is 5.82 Å². The van der Waals surface area contributed by atoms with Gasteiger partial charge in [0.15, 0.2) is 0 Å². The van der Waals surface area contributed by atoms with E-state index in [0.29, 0.717) is 5.56 Å². The number of amides is 1. The van der Waals surface area contributed by atoms with E-state index in [-0.39, 0.29) is 11.9 Å². The highest BCUT2D eigenvalue weighted by molar-refractivity contribution is 5.93. The summed E-state index contributed by atoms with van der Waals surface area (Å²) in [7, 11) is 0. The van der Waals surface area contributed by atoms with Gasteiger partial charge in [0.25, 0.3) is 5.91 Å². The Kier molecular flexibility index (Phi) is 5.48. The van der Waals surface area contributed by atoms with E-state index < -0.39 is 0 Å². The highest BCUT2D eigenvalue weighted by atomic mass is 16.1. The maximum atomic E-state index is 12.3. The first-order valence-electron chi connectivity index (χ1n) is 8.48. The molecule has 126 valence electrons. The van der Waals surface area contributed by atoms with Crippen LogP contribution in [0.3, 0.4) is 0 Å². The number of aromatic nitrogens is 3. The quantitative estimate of drug-likeness (QED) is 0.908. The Balaban J connectivity index is 1.47. The van der Waals surface area contributed by atoms with Crippen LogP contribution >= 0.6 is 0 Å². The molecule has 0 spiro atoms. The van der Waals surface area contributed by atoms with Gasteiger partial charge in [0, 0.05) is 50.7 Å². The van der Waals surface area contributed by atoms with Gasteiger partial charge in [-0.2, -0.15) is 0 Å². The smallest absolute Gasteiger partial charge is 0.254 e. The van der Waals surface area contributed by atoms with Gasteiger partial charge in [0.2, 0.25) is 0 Å². The number of piperidine rings is 1. The van der Waals surface area contributed by atoms with Crippen molar-refractivity contribution in [3.8, 4) is 0 Å². The molecular weight excluding hydrogens is 302 g/mol. The third-order valence-electron chi connectivity index (χ3n) is 4.32. The second-order valence-corrected chi connectivity index (χ2v) is 6.09. The molecule has 1 N–H and O–H groups in total. The summed E-state index contributed by atoms with van der Waals surface area (Å²) in [6, 6.07) is 6.21. The van der Waals surface area contributed by atoms with Gasteiger partial charge >= 0.3 is 0 Å². The molecule has 3 rings (SSSR count). The number of hydrogen-bond donors (Lipinski definition) is 1. The lowest BCUT2D eigenvalue weighted by Crippen LogP contribution is -2.44. The van der Waals surface area contributed by atoms with Gasteiger partial charge in [0.05, 0.1) is 11.3 Å². The largest absolute Gasteiger partial charge is 0.349 e. The highest BCUT2D eigenvalue weighted by Crippen LogP contribution is 2.13. The maximum Gasteiger partial charge on any atom is 0.254 e. The van der Waals surface area contributed by atoms with Crippen LogP contribution in [0.5, 0.6) is 0 Å². The first-order valence-corrected chi connectivity index (χ1v) is 8.48. The molecule has 2 aromatic rings. The molecule has 6 heteroatoms. The van der Waals surface area contributed by atoms with E-state index in [4.69, 9.17) is 0 Å². The first kappa shape index (κ1) is 16.5. The second-order valence-electron chi connectivity index (χ2n) is 6.09. The van der Waals surface area contributed by atoms with Crippen molar-refractivity contribution in [2.24, 2.45) is 0 Å². The van der Waals surface area contributed by atoms with Crippen LogP contribution in [0.15, 0.2) is 36.8 Å². The molecule has 0 radical (unpaired) electrons. The fourth-order valence-electron chi connectivity index (χ4n) is 2.88. The van der Waals surface area contributed by atoms with E-state index in [0.717, 1.165) is 50.4 Å². The summed E-state index contributed by atoms with van der Waals surface area (Å²) >= 11 is 0. The van der Waals surface area contributed by atoms with Crippen molar-refractivity contribution in [2.45, 2.75) is 38.8 Å². The van der Waals surface area contributed by atoms with E-state index in [1.807, 2.05) is 31.3 Å². The van der Waals surface area contributed by atoms with Crippen molar-refractivity contribution in [1.29, 1.82) is 0 Å². The van der Waals surface area contributed by atoms with Crippen molar-refractivity contribution in [3.05, 3.63) is 53.9 Å². The van der Waals surface area contributed by atoms with E-state index >= 15 is 0 Å². The Morgan fingerprint density at radius 1 is 1.21 bits per heavy atom. The number of carbonyl (C=O) groups excluding carboxylic acids is 1. The summed E-state index contributed by atoms with van der Waals surface area (Å²) in [5.41, 5.74) is 1.62. The van der Waals surface area contributed by atoms with Gasteiger partial charge in [-0.25, -0.2) is 9.97 Å². The molecule has 2 aromatic heterocycles. The number of nitrogens with zero attached hydrogens (tertiary/aromatic N) is 4. The molecule has 3 heterocycles. The van der Waals surface area contributed by atoms with E-state index in [9.17, 15) is 4.79 Å². The number of hydrogen-bond acceptors (Lipinski definition) is 5. The molecule has 0 aliphatic carbocycles. The number of aryl methyl sites for hydroxylation is 1. The Hall–Kier alpha value is -2.34. The third-order valence-corrected chi connectivity index (χ3v) is 4.32. The van der Waals surface area contributed by atoms with Crippen LogP contribution in [0.1, 0.15) is 41.6 Å². The zero-order chi connectivity index (χ0) is 16.8. The molecule has 1 saturated heterocycles. The zero-order valence-electron chi connectivity index (χ0n) is 14.0. The molecule has 1 fully saturated rings. The fraction of sp³-hybridized carbons (Fsp3) is 0.444. The lowest BCUT2D eigenvalue weighted by molar-refractivity contribution is 0.0907. The minimum Gasteiger partial charge on any atom is -0.349 e. The molecule has 1 aliphatic rings. The maximum absolute atomic E-state index is 12.3. The summed E-state index contributed by atoms with van der Waals surface area (Å²) in [6.45, 7) is 4.79. The zero-order valence-corrected chi connectivity index (χ0v) is 14.0. The van der Waals surface area contributed by atoms with Crippen molar-refractivity contribution in [1.82, 2.24) is 25.2 Å². The third kappa shape index (κ3) is 4.35. The van der Waals surface area contributed by atoms with Gasteiger partial charge in [-0.1, -0.05) is 13.0 Å². The van der Waals surface area contributed by atoms with Crippen LogP contribution in [0.25, 0.3) is 0 Å². The lowest BCUT2D eigenvalue weighted by atomic mass is 10.0. The van der Waals surface area contributed by atoms with Crippen molar-refractivity contribution in [2.75, 3.05) is 13.1 Å². The summed E-state index contributed by atoms with van der Waals surface area (Å²) in [5.74, 6) is 0.676. The SMILES string of the molecule is CCc1ncc(C(=O)NC2CCN(Cc3ccccn3)CC2)cn1. The number of likely N-dealkylation sites (tertiary alicyclic amines) is 1. The van der Waals surface area contributed by atoms with E-state index in [2.05, 4.69) is 25.2 Å². The summed E-state index contributed by atoms with van der Waals surface area (Å²) in [6.07, 6.45) is 7.72. The van der Waals surface area contributed by atoms with Crippen LogP contribution < -0.4 is 5.32 Å². The standard InChI is InChI=1S/C18H23N5O/c1-2-17-20-11-14(12-21-17)18(24)22-15-6-9-23(10-7-15)13-16-5-3-4-8-19-16/h3-5,8,11-12,15H,2,6-7,9-10,13H2,1H3,(H,22,24). The molecule has 6 nitrogen and oxygen atoms in total. The minimum absolute atomic E-state index is 0.0826. The molecule has 24 heavy (non-hydrogen) atoms. The average Bonchev–Trinajstić information content (AvgIpc) is 2.64. The fourth-order valence-corrected chi connectivity index (χ4v) is 2.88. The van der Waals surface area contributed by atoms with Crippen LogP contribution in [-0.2, 0) is 13.0 Å². The molecular formula is C18H23N5O. The molecule has 1 amide bonds. The predicted octanol–water partition coefficient (Wildman–Crippen LogP) is 1.83. The summed E-state index contributed by atoms with van der Waals surface area (Å²) in [5, 5.41) is 3.10. The number of carbonyl (C=O) groups is 1. The molecule has 1 aliphatic heterocycles. The second kappa shape index (κ2) is 7.97. The summed E-state index contributed by atoms with van der Waals surface area (Å²) in [4.78, 5) is 27.4. The number of rotatable bonds is 5. The topological polar surface area (TPSA) is 71.0 Å². The molecule has 0 saturated carbocycles. The van der Waals surface area contributed by atoms with Crippen molar-refractivity contribution < 1.29 is 4.79 Å². The van der Waals surface area contributed by atoms with Gasteiger partial charge < -0.3 is 5.32 Å². The van der Waals surface area contributed by atoms with Gasteiger partial charge in [-0.3, -0.25) is 14.7 Å². The number of pyridine rings is 1. The van der Waals surface area contributed by atoms with E-state index in [1.54, 1.807) is 12.4 Å². The normalized spacial score (nSPS) is 16.0. The summed E-state index contributed by atoms with van der Waals surface area (Å²) < 4.78 is 0. The first-order chi connectivity index (χ1) is 11.7. The highest BCUT2D eigenvalue weighted by Gasteiger charge is 2.21. The van der Waals surface area contributed by atoms with Crippen LogP contribution in [0, 0.1) is 0 Å². The molecule has 0 aromatic carbocycles. The van der Waals surface area contributed by atoms with Crippen LogP contribution in [-0.4, -0.2) is 44.9 Å². The number of nitrogens with one attached hydrogen (secondary N) is 1. The monoisotopic (exact) mass is 325 g/mol. The Morgan fingerprint density at radius 3 is 2.58 bits per heavy atom. The molecule has 0 unspecified atom stereocenters. The minimum atomic E-state index is -0.0826. The average molecular weight is 325 g/mol. The molecule has 0 atom stereocenters. The Labute approximate surface area is 142 Å². The van der Waals surface area contributed by atoms with Gasteiger partial charge in [-0.05, 0) is 25.0 Å². The lowest BCUT2D eigenvalue weighted by Gasteiger charge is -2.32. The van der Waals surface area contributed by atoms with Crippen LogP contribution in [0.2, 0.25) is 0 Å². The van der Waals surface area contributed by atoms with Crippen molar-refractivity contribution >= 4 is 5.91 Å². The van der Waals surface area contributed by atoms with E-state index in [1.165, 1.54) is 0 Å². The van der Waals surface area contributed by atoms with Crippen molar-refractivity contribution in [3.63, 3.8) is 0 Å². The Bertz CT molecular complexity index is 651. The predicted molar refractivity (Wildman–Crippen MR) is 91.4 cm³/mol. The molecule has 0 bridgehead atoms.